The molecule has 0 saturated heterocycles. The lowest BCUT2D eigenvalue weighted by atomic mass is 10.1. The van der Waals surface area contributed by atoms with E-state index in [0.29, 0.717) is 5.75 Å². The van der Waals surface area contributed by atoms with Gasteiger partial charge in [0.25, 0.3) is 0 Å². The fraction of sp³-hybridized carbons (Fsp3) is 0.200. The fourth-order valence-electron chi connectivity index (χ4n) is 1.74. The molecule has 17 heavy (non-hydrogen) atoms. The van der Waals surface area contributed by atoms with E-state index in [4.69, 9.17) is 6.42 Å². The number of thioether (sulfide) groups is 1. The summed E-state index contributed by atoms with van der Waals surface area (Å²) in [4.78, 5) is 1.20. The lowest BCUT2D eigenvalue weighted by molar-refractivity contribution is 0.481. The van der Waals surface area contributed by atoms with Gasteiger partial charge in [0.1, 0.15) is 5.75 Å². The average molecular weight is 242 g/mol. The van der Waals surface area contributed by atoms with Crippen LogP contribution in [0, 0.1) is 12.3 Å². The summed E-state index contributed by atoms with van der Waals surface area (Å²) in [6.07, 6.45) is 7.07. The Bertz CT molecular complexity index is 554. The highest BCUT2D eigenvalue weighted by molar-refractivity contribution is 7.99. The molecule has 0 unspecified atom stereocenters. The molecule has 0 radical (unpaired) electrons. The highest BCUT2D eigenvalue weighted by Gasteiger charge is 2.04. The first kappa shape index (κ1) is 11.9. The van der Waals surface area contributed by atoms with Crippen molar-refractivity contribution in [2.45, 2.75) is 17.7 Å². The van der Waals surface area contributed by atoms with Crippen LogP contribution < -0.4 is 0 Å². The van der Waals surface area contributed by atoms with Crippen LogP contribution in [-0.4, -0.2) is 10.9 Å². The number of unbranched alkanes of at least 4 members (excludes halogenated alkanes) is 1. The van der Waals surface area contributed by atoms with Crippen molar-refractivity contribution in [2.75, 3.05) is 5.75 Å². The third-order valence-electron chi connectivity index (χ3n) is 2.58. The Hall–Kier alpha value is -1.59. The molecule has 1 nitrogen and oxygen atoms in total. The Morgan fingerprint density at radius 1 is 1.12 bits per heavy atom. The van der Waals surface area contributed by atoms with Gasteiger partial charge in [-0.1, -0.05) is 24.3 Å². The predicted molar refractivity (Wildman–Crippen MR) is 74.4 cm³/mol. The standard InChI is InChI=1S/C15H14OS/c1-2-3-6-11-17-15-10-9-14(16)12-7-4-5-8-13(12)15/h1,4-5,7-10,16H,3,6,11H2. The molecule has 0 aliphatic rings. The number of rotatable bonds is 4. The first-order valence-corrected chi connectivity index (χ1v) is 6.58. The molecule has 2 aromatic rings. The summed E-state index contributed by atoms with van der Waals surface area (Å²) in [5.41, 5.74) is 0. The minimum Gasteiger partial charge on any atom is -0.507 e. The number of aromatic hydroxyl groups is 1. The number of phenols is 1. The van der Waals surface area contributed by atoms with Crippen molar-refractivity contribution in [3.63, 3.8) is 0 Å². The Kier molecular flexibility index (Phi) is 3.95. The van der Waals surface area contributed by atoms with Gasteiger partial charge in [0.2, 0.25) is 0 Å². The number of fused-ring (bicyclic) bond motifs is 1. The number of phenolic OH excluding ortho intramolecular Hbond substituents is 1. The summed E-state index contributed by atoms with van der Waals surface area (Å²) in [6.45, 7) is 0. The van der Waals surface area contributed by atoms with E-state index in [1.807, 2.05) is 30.3 Å². The van der Waals surface area contributed by atoms with E-state index < -0.39 is 0 Å². The van der Waals surface area contributed by atoms with E-state index in [-0.39, 0.29) is 0 Å². The summed E-state index contributed by atoms with van der Waals surface area (Å²) in [5, 5.41) is 11.8. The molecule has 0 aromatic heterocycles. The van der Waals surface area contributed by atoms with Crippen molar-refractivity contribution >= 4 is 22.5 Å². The van der Waals surface area contributed by atoms with Gasteiger partial charge in [0, 0.05) is 16.7 Å². The fourth-order valence-corrected chi connectivity index (χ4v) is 2.74. The first-order valence-electron chi connectivity index (χ1n) is 5.60. The van der Waals surface area contributed by atoms with Crippen LogP contribution in [0.5, 0.6) is 5.75 Å². The van der Waals surface area contributed by atoms with Gasteiger partial charge in [0.15, 0.2) is 0 Å². The second-order valence-electron chi connectivity index (χ2n) is 3.78. The van der Waals surface area contributed by atoms with Gasteiger partial charge >= 0.3 is 0 Å². The van der Waals surface area contributed by atoms with Crippen LogP contribution >= 0.6 is 11.8 Å². The Morgan fingerprint density at radius 2 is 1.88 bits per heavy atom. The maximum Gasteiger partial charge on any atom is 0.123 e. The first-order chi connectivity index (χ1) is 8.33. The maximum absolute atomic E-state index is 9.77. The van der Waals surface area contributed by atoms with E-state index in [1.165, 1.54) is 4.90 Å². The lowest BCUT2D eigenvalue weighted by Crippen LogP contribution is -1.82. The van der Waals surface area contributed by atoms with Crippen molar-refractivity contribution in [1.82, 2.24) is 0 Å². The highest BCUT2D eigenvalue weighted by atomic mass is 32.2. The third-order valence-corrected chi connectivity index (χ3v) is 3.74. The average Bonchev–Trinajstić information content (AvgIpc) is 2.37. The minimum atomic E-state index is 0.341. The molecular weight excluding hydrogens is 228 g/mol. The van der Waals surface area contributed by atoms with Crippen LogP contribution in [0.3, 0.4) is 0 Å². The lowest BCUT2D eigenvalue weighted by Gasteiger charge is -2.07. The zero-order chi connectivity index (χ0) is 12.1. The van der Waals surface area contributed by atoms with E-state index in [0.717, 1.165) is 29.4 Å². The molecule has 0 aliphatic carbocycles. The summed E-state index contributed by atoms with van der Waals surface area (Å²) in [6, 6.07) is 11.6. The summed E-state index contributed by atoms with van der Waals surface area (Å²) >= 11 is 1.79. The normalized spacial score (nSPS) is 10.3. The monoisotopic (exact) mass is 242 g/mol. The van der Waals surface area contributed by atoms with E-state index >= 15 is 0 Å². The number of benzene rings is 2. The minimum absolute atomic E-state index is 0.341. The number of hydrogen-bond donors (Lipinski definition) is 1. The van der Waals surface area contributed by atoms with Crippen LogP contribution in [0.1, 0.15) is 12.8 Å². The second-order valence-corrected chi connectivity index (χ2v) is 4.92. The summed E-state index contributed by atoms with van der Waals surface area (Å²) < 4.78 is 0. The Labute approximate surface area is 106 Å². The Morgan fingerprint density at radius 3 is 2.65 bits per heavy atom. The van der Waals surface area contributed by atoms with E-state index in [2.05, 4.69) is 5.92 Å². The van der Waals surface area contributed by atoms with Crippen LogP contribution in [0.2, 0.25) is 0 Å². The molecule has 2 heteroatoms. The van der Waals surface area contributed by atoms with Crippen molar-refractivity contribution in [2.24, 2.45) is 0 Å². The molecule has 86 valence electrons. The molecule has 0 bridgehead atoms. The van der Waals surface area contributed by atoms with Gasteiger partial charge in [-0.05, 0) is 29.7 Å². The van der Waals surface area contributed by atoms with Gasteiger partial charge in [-0.15, -0.1) is 24.1 Å². The molecule has 0 amide bonds. The molecule has 1 N–H and O–H groups in total. The number of hydrogen-bond acceptors (Lipinski definition) is 2. The Balaban J connectivity index is 2.23. The zero-order valence-corrected chi connectivity index (χ0v) is 10.3. The predicted octanol–water partition coefficient (Wildman–Crippen LogP) is 4.05. The maximum atomic E-state index is 9.77. The molecule has 2 aromatic carbocycles. The molecule has 0 atom stereocenters. The van der Waals surface area contributed by atoms with Crippen molar-refractivity contribution in [3.05, 3.63) is 36.4 Å². The zero-order valence-electron chi connectivity index (χ0n) is 9.52. The highest BCUT2D eigenvalue weighted by Crippen LogP contribution is 2.33. The van der Waals surface area contributed by atoms with Gasteiger partial charge in [-0.2, -0.15) is 0 Å². The van der Waals surface area contributed by atoms with E-state index in [1.54, 1.807) is 17.8 Å². The molecule has 0 spiro atoms. The van der Waals surface area contributed by atoms with Gasteiger partial charge in [-0.25, -0.2) is 0 Å². The molecule has 0 aliphatic heterocycles. The smallest absolute Gasteiger partial charge is 0.123 e. The van der Waals surface area contributed by atoms with Gasteiger partial charge < -0.3 is 5.11 Å². The summed E-state index contributed by atoms with van der Waals surface area (Å²) in [7, 11) is 0. The summed E-state index contributed by atoms with van der Waals surface area (Å²) in [5.74, 6) is 4.00. The van der Waals surface area contributed by atoms with Crippen LogP contribution in [0.25, 0.3) is 10.8 Å². The van der Waals surface area contributed by atoms with Crippen LogP contribution in [0.4, 0.5) is 0 Å². The quantitative estimate of drug-likeness (QED) is 0.496. The van der Waals surface area contributed by atoms with Gasteiger partial charge in [-0.3, -0.25) is 0 Å². The second kappa shape index (κ2) is 5.65. The molecule has 0 heterocycles. The van der Waals surface area contributed by atoms with Crippen LogP contribution in [0.15, 0.2) is 41.3 Å². The number of terminal acetylenes is 1. The SMILES string of the molecule is C#CCCCSc1ccc(O)c2ccccc12. The molecule has 0 saturated carbocycles. The third kappa shape index (κ3) is 2.75. The van der Waals surface area contributed by atoms with Crippen molar-refractivity contribution in [3.8, 4) is 18.1 Å². The molecule has 2 rings (SSSR count). The molecular formula is C15H14OS. The van der Waals surface area contributed by atoms with Gasteiger partial charge in [0.05, 0.1) is 0 Å². The van der Waals surface area contributed by atoms with E-state index in [9.17, 15) is 5.11 Å². The topological polar surface area (TPSA) is 20.2 Å². The van der Waals surface area contributed by atoms with Crippen molar-refractivity contribution in [1.29, 1.82) is 0 Å². The van der Waals surface area contributed by atoms with Crippen LogP contribution in [-0.2, 0) is 0 Å². The van der Waals surface area contributed by atoms with Crippen molar-refractivity contribution < 1.29 is 5.11 Å². The largest absolute Gasteiger partial charge is 0.507 e. The molecule has 0 fully saturated rings.